The molecule has 4 nitrogen and oxygen atoms in total. The Morgan fingerprint density at radius 1 is 1.57 bits per heavy atom. The monoisotopic (exact) mass is 216 g/mol. The summed E-state index contributed by atoms with van der Waals surface area (Å²) in [5.41, 5.74) is -0.454. The molecule has 1 amide bonds. The van der Waals surface area contributed by atoms with Crippen LogP contribution in [0.25, 0.3) is 0 Å². The van der Waals surface area contributed by atoms with Crippen molar-refractivity contribution >= 4 is 23.0 Å². The second-order valence-electron chi connectivity index (χ2n) is 4.02. The number of nitrogens with one attached hydrogen (secondary N) is 1. The number of amides is 1. The molecular formula is C9H16N2O2S. The Morgan fingerprint density at radius 2 is 2.29 bits per heavy atom. The van der Waals surface area contributed by atoms with E-state index >= 15 is 0 Å². The van der Waals surface area contributed by atoms with E-state index in [-0.39, 0.29) is 0 Å². The fourth-order valence-electron chi connectivity index (χ4n) is 0.926. The summed E-state index contributed by atoms with van der Waals surface area (Å²) in [5.74, 6) is 1.01. The Hall–Kier alpha value is -0.710. The molecule has 0 atom stereocenters. The third-order valence-electron chi connectivity index (χ3n) is 1.40. The molecule has 1 N–H and O–H groups in total. The highest BCUT2D eigenvalue weighted by Gasteiger charge is 2.18. The van der Waals surface area contributed by atoms with Gasteiger partial charge in [0.2, 0.25) is 0 Å². The molecule has 5 heteroatoms. The number of nitrogens with zero attached hydrogens (tertiary/aromatic N) is 1. The Bertz CT molecular complexity index is 246. The summed E-state index contributed by atoms with van der Waals surface area (Å²) >= 11 is 1.56. The summed E-state index contributed by atoms with van der Waals surface area (Å²) in [6.07, 6.45) is 0.648. The van der Waals surface area contributed by atoms with Gasteiger partial charge in [-0.2, -0.15) is 0 Å². The molecular weight excluding hydrogens is 200 g/mol. The Morgan fingerprint density at radius 3 is 2.79 bits per heavy atom. The van der Waals surface area contributed by atoms with Crippen molar-refractivity contribution in [2.45, 2.75) is 32.8 Å². The zero-order chi connectivity index (χ0) is 10.6. The molecule has 1 heterocycles. The van der Waals surface area contributed by atoms with Gasteiger partial charge in [0.05, 0.1) is 0 Å². The van der Waals surface area contributed by atoms with Crippen LogP contribution in [-0.2, 0) is 4.74 Å². The van der Waals surface area contributed by atoms with E-state index in [1.807, 2.05) is 20.8 Å². The molecule has 80 valence electrons. The first-order valence-corrected chi connectivity index (χ1v) is 5.63. The maximum atomic E-state index is 11.3. The summed E-state index contributed by atoms with van der Waals surface area (Å²) in [6, 6.07) is 0. The maximum Gasteiger partial charge on any atom is 0.413 e. The lowest BCUT2D eigenvalue weighted by Crippen LogP contribution is -2.36. The molecule has 0 radical (unpaired) electrons. The summed E-state index contributed by atoms with van der Waals surface area (Å²) in [4.78, 5) is 15.5. The Balaban J connectivity index is 2.36. The highest BCUT2D eigenvalue weighted by Crippen LogP contribution is 2.11. The average molecular weight is 216 g/mol. The molecule has 14 heavy (non-hydrogen) atoms. The minimum Gasteiger partial charge on any atom is -0.444 e. The summed E-state index contributed by atoms with van der Waals surface area (Å²) in [7, 11) is 0. The van der Waals surface area contributed by atoms with E-state index in [1.165, 1.54) is 0 Å². The van der Waals surface area contributed by atoms with Crippen LogP contribution >= 0.6 is 11.8 Å². The Labute approximate surface area is 88.5 Å². The van der Waals surface area contributed by atoms with Crippen molar-refractivity contribution in [3.8, 4) is 0 Å². The predicted molar refractivity (Wildman–Crippen MR) is 58.7 cm³/mol. The lowest BCUT2D eigenvalue weighted by molar-refractivity contribution is 0.0564. The molecule has 0 spiro atoms. The summed E-state index contributed by atoms with van der Waals surface area (Å²) < 4.78 is 5.10. The predicted octanol–water partition coefficient (Wildman–Crippen LogP) is 2.00. The van der Waals surface area contributed by atoms with Gasteiger partial charge in [0.25, 0.3) is 0 Å². The normalized spacial score (nSPS) is 17.2. The first kappa shape index (κ1) is 11.4. The molecule has 0 saturated heterocycles. The van der Waals surface area contributed by atoms with Gasteiger partial charge in [-0.15, -0.1) is 0 Å². The van der Waals surface area contributed by atoms with Gasteiger partial charge in [-0.05, 0) is 27.2 Å². The lowest BCUT2D eigenvalue weighted by atomic mass is 10.2. The van der Waals surface area contributed by atoms with Crippen molar-refractivity contribution in [3.05, 3.63) is 0 Å². The average Bonchev–Trinajstić information content (AvgIpc) is 2.02. The van der Waals surface area contributed by atoms with Crippen LogP contribution < -0.4 is 5.32 Å². The van der Waals surface area contributed by atoms with Crippen molar-refractivity contribution < 1.29 is 9.53 Å². The van der Waals surface area contributed by atoms with E-state index in [0.717, 1.165) is 18.7 Å². The zero-order valence-electron chi connectivity index (χ0n) is 8.79. The first-order valence-electron chi connectivity index (χ1n) is 4.65. The van der Waals surface area contributed by atoms with Gasteiger partial charge in [0, 0.05) is 12.3 Å². The number of thioether (sulfide) groups is 1. The molecule has 1 aliphatic heterocycles. The highest BCUT2D eigenvalue weighted by molar-refractivity contribution is 8.13. The molecule has 1 rings (SSSR count). The highest BCUT2D eigenvalue weighted by atomic mass is 32.2. The van der Waals surface area contributed by atoms with Crippen molar-refractivity contribution in [2.75, 3.05) is 12.3 Å². The SMILES string of the molecule is CC(C)(C)OC(=O)NC1=NCCCS1. The molecule has 0 aromatic rings. The van der Waals surface area contributed by atoms with E-state index in [0.29, 0.717) is 5.17 Å². The molecule has 1 aliphatic rings. The molecule has 0 fully saturated rings. The molecule has 0 saturated carbocycles. The van der Waals surface area contributed by atoms with E-state index in [1.54, 1.807) is 11.8 Å². The molecule has 0 aromatic carbocycles. The van der Waals surface area contributed by atoms with Gasteiger partial charge < -0.3 is 4.74 Å². The van der Waals surface area contributed by atoms with Crippen LogP contribution in [0.2, 0.25) is 0 Å². The summed E-state index contributed by atoms with van der Waals surface area (Å²) in [5, 5.41) is 3.30. The number of ether oxygens (including phenoxy) is 1. The molecule has 0 bridgehead atoms. The molecule has 0 aliphatic carbocycles. The van der Waals surface area contributed by atoms with Crippen LogP contribution in [0.5, 0.6) is 0 Å². The van der Waals surface area contributed by atoms with Crippen molar-refractivity contribution in [1.82, 2.24) is 5.32 Å². The van der Waals surface area contributed by atoms with Crippen LogP contribution in [0.4, 0.5) is 4.79 Å². The fourth-order valence-corrected chi connectivity index (χ4v) is 1.73. The molecule has 0 unspecified atom stereocenters. The summed E-state index contributed by atoms with van der Waals surface area (Å²) in [6.45, 7) is 6.30. The van der Waals surface area contributed by atoms with Gasteiger partial charge in [0.1, 0.15) is 5.60 Å². The standard InChI is InChI=1S/C9H16N2O2S/c1-9(2,3)13-8(12)11-7-10-5-4-6-14-7/h4-6H2,1-3H3,(H,10,11,12). The fraction of sp³-hybridized carbons (Fsp3) is 0.778. The number of aliphatic imine (C=N–C) groups is 1. The number of alkyl carbamates (subject to hydrolysis) is 1. The quantitative estimate of drug-likeness (QED) is 0.674. The number of hydrogen-bond acceptors (Lipinski definition) is 4. The van der Waals surface area contributed by atoms with E-state index in [2.05, 4.69) is 10.3 Å². The molecule has 0 aromatic heterocycles. The van der Waals surface area contributed by atoms with Gasteiger partial charge in [0.15, 0.2) is 5.17 Å². The lowest BCUT2D eigenvalue weighted by Gasteiger charge is -2.20. The zero-order valence-corrected chi connectivity index (χ0v) is 9.61. The third-order valence-corrected chi connectivity index (χ3v) is 2.40. The topological polar surface area (TPSA) is 50.7 Å². The number of amidine groups is 1. The van der Waals surface area contributed by atoms with Gasteiger partial charge in [-0.1, -0.05) is 11.8 Å². The van der Waals surface area contributed by atoms with Crippen LogP contribution in [0.15, 0.2) is 4.99 Å². The first-order chi connectivity index (χ1) is 6.47. The van der Waals surface area contributed by atoms with Crippen molar-refractivity contribution in [1.29, 1.82) is 0 Å². The van der Waals surface area contributed by atoms with Crippen LogP contribution in [0.3, 0.4) is 0 Å². The van der Waals surface area contributed by atoms with Crippen LogP contribution in [-0.4, -0.2) is 29.2 Å². The number of rotatable bonds is 0. The minimum absolute atomic E-state index is 0.425. The second-order valence-corrected chi connectivity index (χ2v) is 5.10. The second kappa shape index (κ2) is 4.68. The minimum atomic E-state index is -0.454. The van der Waals surface area contributed by atoms with Gasteiger partial charge >= 0.3 is 6.09 Å². The smallest absolute Gasteiger partial charge is 0.413 e. The van der Waals surface area contributed by atoms with Gasteiger partial charge in [-0.25, -0.2) is 4.79 Å². The van der Waals surface area contributed by atoms with Crippen LogP contribution in [0.1, 0.15) is 27.2 Å². The number of carbonyl (C=O) groups excluding carboxylic acids is 1. The van der Waals surface area contributed by atoms with E-state index in [9.17, 15) is 4.79 Å². The van der Waals surface area contributed by atoms with Crippen molar-refractivity contribution in [2.24, 2.45) is 4.99 Å². The van der Waals surface area contributed by atoms with E-state index < -0.39 is 11.7 Å². The van der Waals surface area contributed by atoms with Crippen molar-refractivity contribution in [3.63, 3.8) is 0 Å². The van der Waals surface area contributed by atoms with Crippen LogP contribution in [0, 0.1) is 0 Å². The Kier molecular flexibility index (Phi) is 3.80. The van der Waals surface area contributed by atoms with Gasteiger partial charge in [-0.3, -0.25) is 10.3 Å². The largest absolute Gasteiger partial charge is 0.444 e. The maximum absolute atomic E-state index is 11.3. The number of hydrogen-bond donors (Lipinski definition) is 1. The number of carbonyl (C=O) groups is 1. The van der Waals surface area contributed by atoms with E-state index in [4.69, 9.17) is 4.74 Å². The third kappa shape index (κ3) is 4.50.